The van der Waals surface area contributed by atoms with Gasteiger partial charge in [-0.3, -0.25) is 4.79 Å². The van der Waals surface area contributed by atoms with Gasteiger partial charge >= 0.3 is 5.97 Å². The predicted octanol–water partition coefficient (Wildman–Crippen LogP) is 0.997. The summed E-state index contributed by atoms with van der Waals surface area (Å²) in [5.74, 6) is -0.317. The van der Waals surface area contributed by atoms with Gasteiger partial charge in [0.2, 0.25) is 0 Å². The van der Waals surface area contributed by atoms with Crippen LogP contribution in [0.4, 0.5) is 0 Å². The Bertz CT molecular complexity index is 203. The highest BCUT2D eigenvalue weighted by molar-refractivity contribution is 5.79. The van der Waals surface area contributed by atoms with Crippen LogP contribution in [0.25, 0.3) is 0 Å². The molecular formula is C11H24N2O2. The molecule has 0 aliphatic heterocycles. The summed E-state index contributed by atoms with van der Waals surface area (Å²) < 4.78 is 4.92. The molecule has 0 amide bonds. The first-order chi connectivity index (χ1) is 6.81. The smallest absolute Gasteiger partial charge is 0.325 e. The monoisotopic (exact) mass is 216 g/mol. The normalized spacial score (nSPS) is 15.5. The lowest BCUT2D eigenvalue weighted by atomic mass is 9.99. The number of nitrogens with zero attached hydrogens (tertiary/aromatic N) is 1. The molecule has 15 heavy (non-hydrogen) atoms. The molecular weight excluding hydrogens is 192 g/mol. The lowest BCUT2D eigenvalue weighted by Crippen LogP contribution is -2.48. The highest BCUT2D eigenvalue weighted by Crippen LogP contribution is 2.10. The molecule has 90 valence electrons. The molecule has 0 rings (SSSR count). The van der Waals surface area contributed by atoms with E-state index in [0.717, 1.165) is 6.54 Å². The molecule has 0 aromatic heterocycles. The van der Waals surface area contributed by atoms with Crippen molar-refractivity contribution >= 4 is 5.97 Å². The van der Waals surface area contributed by atoms with Crippen LogP contribution >= 0.6 is 0 Å². The first-order valence-electron chi connectivity index (χ1n) is 5.47. The second kappa shape index (κ2) is 6.08. The third-order valence-corrected chi connectivity index (χ3v) is 2.61. The van der Waals surface area contributed by atoms with E-state index < -0.39 is 5.54 Å². The summed E-state index contributed by atoms with van der Waals surface area (Å²) in [6.45, 7) is 8.90. The summed E-state index contributed by atoms with van der Waals surface area (Å²) in [6.07, 6.45) is 0.612. The number of nitrogens with two attached hydrogens (primary N) is 1. The maximum Gasteiger partial charge on any atom is 0.325 e. The molecule has 0 aromatic carbocycles. The lowest BCUT2D eigenvalue weighted by Gasteiger charge is -2.27. The van der Waals surface area contributed by atoms with Crippen LogP contribution < -0.4 is 5.73 Å². The molecule has 0 aliphatic rings. The van der Waals surface area contributed by atoms with Crippen LogP contribution in [0.5, 0.6) is 0 Å². The molecule has 0 spiro atoms. The zero-order chi connectivity index (χ0) is 12.1. The van der Waals surface area contributed by atoms with Gasteiger partial charge in [-0.15, -0.1) is 0 Å². The Morgan fingerprint density at radius 1 is 1.53 bits per heavy atom. The Kier molecular flexibility index (Phi) is 5.83. The van der Waals surface area contributed by atoms with E-state index in [1.165, 1.54) is 0 Å². The van der Waals surface area contributed by atoms with E-state index in [1.807, 2.05) is 7.05 Å². The first kappa shape index (κ1) is 14.4. The van der Waals surface area contributed by atoms with Crippen molar-refractivity contribution < 1.29 is 9.53 Å². The highest BCUT2D eigenvalue weighted by Gasteiger charge is 2.29. The van der Waals surface area contributed by atoms with Gasteiger partial charge in [-0.1, -0.05) is 0 Å². The molecule has 0 bridgehead atoms. The molecule has 0 aromatic rings. The molecule has 0 radical (unpaired) electrons. The van der Waals surface area contributed by atoms with E-state index in [9.17, 15) is 4.79 Å². The number of hydrogen-bond acceptors (Lipinski definition) is 4. The third-order valence-electron chi connectivity index (χ3n) is 2.61. The van der Waals surface area contributed by atoms with Crippen molar-refractivity contribution in [1.29, 1.82) is 0 Å². The molecule has 0 saturated carbocycles. The second-order valence-corrected chi connectivity index (χ2v) is 4.46. The van der Waals surface area contributed by atoms with Crippen molar-refractivity contribution in [3.8, 4) is 0 Å². The van der Waals surface area contributed by atoms with Gasteiger partial charge in [0, 0.05) is 12.6 Å². The van der Waals surface area contributed by atoms with E-state index in [1.54, 1.807) is 13.8 Å². The maximum absolute atomic E-state index is 11.5. The first-order valence-corrected chi connectivity index (χ1v) is 5.47. The van der Waals surface area contributed by atoms with Crippen LogP contribution in [0.15, 0.2) is 0 Å². The minimum Gasteiger partial charge on any atom is -0.465 e. The fraction of sp³-hybridized carbons (Fsp3) is 0.909. The zero-order valence-electron chi connectivity index (χ0n) is 10.5. The van der Waals surface area contributed by atoms with Crippen LogP contribution in [-0.2, 0) is 9.53 Å². The van der Waals surface area contributed by atoms with Gasteiger partial charge in [-0.2, -0.15) is 0 Å². The maximum atomic E-state index is 11.5. The predicted molar refractivity (Wildman–Crippen MR) is 61.6 cm³/mol. The van der Waals surface area contributed by atoms with Gasteiger partial charge in [0.15, 0.2) is 0 Å². The zero-order valence-corrected chi connectivity index (χ0v) is 10.5. The molecule has 1 atom stereocenters. The summed E-state index contributed by atoms with van der Waals surface area (Å²) in [7, 11) is 2.02. The van der Waals surface area contributed by atoms with Crippen molar-refractivity contribution in [3.63, 3.8) is 0 Å². The number of carbonyl (C=O) groups is 1. The van der Waals surface area contributed by atoms with Crippen LogP contribution in [0, 0.1) is 0 Å². The molecule has 4 nitrogen and oxygen atoms in total. The van der Waals surface area contributed by atoms with Crippen molar-refractivity contribution in [2.24, 2.45) is 5.73 Å². The Hall–Kier alpha value is -0.610. The third kappa shape index (κ3) is 5.14. The summed E-state index contributed by atoms with van der Waals surface area (Å²) in [4.78, 5) is 13.6. The number of hydrogen-bond donors (Lipinski definition) is 1. The van der Waals surface area contributed by atoms with Gasteiger partial charge in [0.25, 0.3) is 0 Å². The van der Waals surface area contributed by atoms with E-state index in [4.69, 9.17) is 10.5 Å². The van der Waals surface area contributed by atoms with Crippen LogP contribution in [0.3, 0.4) is 0 Å². The molecule has 0 aliphatic carbocycles. The minimum absolute atomic E-state index is 0.317. The van der Waals surface area contributed by atoms with Gasteiger partial charge < -0.3 is 15.4 Å². The van der Waals surface area contributed by atoms with Crippen molar-refractivity contribution in [2.45, 2.75) is 45.7 Å². The van der Waals surface area contributed by atoms with E-state index >= 15 is 0 Å². The van der Waals surface area contributed by atoms with E-state index in [0.29, 0.717) is 19.1 Å². The van der Waals surface area contributed by atoms with Crippen molar-refractivity contribution in [2.75, 3.05) is 20.2 Å². The topological polar surface area (TPSA) is 55.6 Å². The molecule has 2 N–H and O–H groups in total. The average molecular weight is 216 g/mol. The summed E-state index contributed by atoms with van der Waals surface area (Å²) in [5, 5.41) is 0. The molecule has 1 unspecified atom stereocenters. The summed E-state index contributed by atoms with van der Waals surface area (Å²) in [5.41, 5.74) is 5.02. The highest BCUT2D eigenvalue weighted by atomic mass is 16.5. The fourth-order valence-electron chi connectivity index (χ4n) is 1.06. The Morgan fingerprint density at radius 2 is 2.07 bits per heavy atom. The fourth-order valence-corrected chi connectivity index (χ4v) is 1.06. The Balaban J connectivity index is 4.08. The minimum atomic E-state index is -0.876. The van der Waals surface area contributed by atoms with Crippen molar-refractivity contribution in [1.82, 2.24) is 4.90 Å². The number of esters is 1. The van der Waals surface area contributed by atoms with Gasteiger partial charge in [0.1, 0.15) is 5.54 Å². The van der Waals surface area contributed by atoms with Gasteiger partial charge in [0.05, 0.1) is 6.61 Å². The average Bonchev–Trinajstić information content (AvgIpc) is 2.14. The van der Waals surface area contributed by atoms with Crippen LogP contribution in [0.2, 0.25) is 0 Å². The summed E-state index contributed by atoms with van der Waals surface area (Å²) >= 11 is 0. The molecule has 0 heterocycles. The number of ether oxygens (including phenoxy) is 1. The van der Waals surface area contributed by atoms with Crippen molar-refractivity contribution in [3.05, 3.63) is 0 Å². The van der Waals surface area contributed by atoms with Crippen LogP contribution in [-0.4, -0.2) is 42.6 Å². The number of carbonyl (C=O) groups excluding carboxylic acids is 1. The lowest BCUT2D eigenvalue weighted by molar-refractivity contribution is -0.149. The molecule has 0 fully saturated rings. The standard InChI is InChI=1S/C11H24N2O2/c1-6-15-10(14)11(4,12)7-8-13(5)9(2)3/h9H,6-8,12H2,1-5H3. The largest absolute Gasteiger partial charge is 0.465 e. The van der Waals surface area contributed by atoms with Gasteiger partial charge in [-0.05, 0) is 41.2 Å². The quantitative estimate of drug-likeness (QED) is 0.673. The SMILES string of the molecule is CCOC(=O)C(C)(N)CCN(C)C(C)C. The van der Waals surface area contributed by atoms with Gasteiger partial charge in [-0.25, -0.2) is 0 Å². The summed E-state index contributed by atoms with van der Waals surface area (Å²) in [6, 6.07) is 0.461. The Morgan fingerprint density at radius 3 is 2.47 bits per heavy atom. The second-order valence-electron chi connectivity index (χ2n) is 4.46. The Labute approximate surface area is 92.8 Å². The van der Waals surface area contributed by atoms with Crippen LogP contribution in [0.1, 0.15) is 34.1 Å². The number of rotatable bonds is 6. The van der Waals surface area contributed by atoms with E-state index in [-0.39, 0.29) is 5.97 Å². The molecule has 0 saturated heterocycles. The molecule has 4 heteroatoms. The van der Waals surface area contributed by atoms with E-state index in [2.05, 4.69) is 18.7 Å².